The van der Waals surface area contributed by atoms with Crippen LogP contribution in [0, 0.1) is 5.92 Å². The number of anilines is 1. The number of aromatic nitrogens is 3. The van der Waals surface area contributed by atoms with Crippen molar-refractivity contribution in [2.24, 2.45) is 5.92 Å². The lowest BCUT2D eigenvalue weighted by Crippen LogP contribution is -2.26. The highest BCUT2D eigenvalue weighted by Crippen LogP contribution is 2.26. The van der Waals surface area contributed by atoms with E-state index in [4.69, 9.17) is 0 Å². The minimum Gasteiger partial charge on any atom is -0.301 e. The molecule has 0 aliphatic rings. The maximum atomic E-state index is 12.9. The molecule has 0 spiro atoms. The third kappa shape index (κ3) is 4.33. The summed E-state index contributed by atoms with van der Waals surface area (Å²) in [7, 11) is 0. The monoisotopic (exact) mass is 424 g/mol. The summed E-state index contributed by atoms with van der Waals surface area (Å²) in [5.74, 6) is 0.262. The van der Waals surface area contributed by atoms with Crippen LogP contribution in [0.3, 0.4) is 0 Å². The molecular weight excluding hydrogens is 404 g/mol. The first-order chi connectivity index (χ1) is 14.0. The van der Waals surface area contributed by atoms with Crippen LogP contribution in [0.4, 0.5) is 5.13 Å². The lowest BCUT2D eigenvalue weighted by Gasteiger charge is -2.14. The van der Waals surface area contributed by atoms with Gasteiger partial charge in [-0.2, -0.15) is 0 Å². The molecule has 0 radical (unpaired) electrons. The number of hydrogen-bond acceptors (Lipinski definition) is 6. The molecule has 29 heavy (non-hydrogen) atoms. The van der Waals surface area contributed by atoms with Crippen LogP contribution in [0.5, 0.6) is 0 Å². The number of fused-ring (bicyclic) bond motifs is 2. The van der Waals surface area contributed by atoms with Crippen LogP contribution in [-0.4, -0.2) is 26.2 Å². The summed E-state index contributed by atoms with van der Waals surface area (Å²) in [5, 5.41) is 4.57. The molecular formula is C21H20N4O2S2. The van der Waals surface area contributed by atoms with E-state index in [2.05, 4.69) is 29.1 Å². The number of carbonyl (C=O) groups is 1. The highest BCUT2D eigenvalue weighted by atomic mass is 32.2. The number of carbonyl (C=O) groups excluding carboxylic acids is 1. The van der Waals surface area contributed by atoms with Crippen molar-refractivity contribution < 1.29 is 4.79 Å². The molecule has 4 aromatic rings. The van der Waals surface area contributed by atoms with E-state index in [-0.39, 0.29) is 23.1 Å². The number of thioether (sulfide) groups is 1. The zero-order chi connectivity index (χ0) is 20.4. The molecule has 2 heterocycles. The normalized spacial score (nSPS) is 11.4. The minimum atomic E-state index is -0.174. The molecule has 8 heteroatoms. The fourth-order valence-corrected chi connectivity index (χ4v) is 4.69. The summed E-state index contributed by atoms with van der Waals surface area (Å²) in [4.78, 5) is 34.4. The van der Waals surface area contributed by atoms with Crippen molar-refractivity contribution in [3.8, 4) is 0 Å². The van der Waals surface area contributed by atoms with Gasteiger partial charge in [0.25, 0.3) is 5.56 Å². The SMILES string of the molecule is CC(C)Cn1c(SCC(=O)Nc2nc3ccccc3s2)nc2ccccc2c1=O. The maximum Gasteiger partial charge on any atom is 0.262 e. The third-order valence-corrected chi connectivity index (χ3v) is 6.18. The quantitative estimate of drug-likeness (QED) is 0.367. The Bertz CT molecular complexity index is 1210. The van der Waals surface area contributed by atoms with Gasteiger partial charge in [0.05, 0.1) is 26.9 Å². The van der Waals surface area contributed by atoms with E-state index in [9.17, 15) is 9.59 Å². The number of para-hydroxylation sites is 2. The van der Waals surface area contributed by atoms with Crippen LogP contribution in [0.2, 0.25) is 0 Å². The van der Waals surface area contributed by atoms with Crippen molar-refractivity contribution in [1.29, 1.82) is 0 Å². The van der Waals surface area contributed by atoms with Gasteiger partial charge in [-0.1, -0.05) is 61.2 Å². The Morgan fingerprint density at radius 2 is 1.83 bits per heavy atom. The number of rotatable bonds is 6. The van der Waals surface area contributed by atoms with Crippen molar-refractivity contribution in [2.75, 3.05) is 11.1 Å². The summed E-state index contributed by atoms with van der Waals surface area (Å²) in [6.45, 7) is 4.66. The summed E-state index contributed by atoms with van der Waals surface area (Å²) in [6.07, 6.45) is 0. The second-order valence-corrected chi connectivity index (χ2v) is 9.02. The van der Waals surface area contributed by atoms with Crippen LogP contribution in [0.15, 0.2) is 58.5 Å². The lowest BCUT2D eigenvalue weighted by molar-refractivity contribution is -0.113. The van der Waals surface area contributed by atoms with Crippen LogP contribution < -0.4 is 10.9 Å². The van der Waals surface area contributed by atoms with Crippen LogP contribution in [0.1, 0.15) is 13.8 Å². The van der Waals surface area contributed by atoms with E-state index < -0.39 is 0 Å². The number of nitrogens with zero attached hydrogens (tertiary/aromatic N) is 3. The molecule has 0 bridgehead atoms. The van der Waals surface area contributed by atoms with Gasteiger partial charge < -0.3 is 5.32 Å². The number of thiazole rings is 1. The molecule has 148 valence electrons. The van der Waals surface area contributed by atoms with E-state index in [1.54, 1.807) is 10.6 Å². The van der Waals surface area contributed by atoms with Crippen molar-refractivity contribution in [3.63, 3.8) is 0 Å². The zero-order valence-electron chi connectivity index (χ0n) is 16.1. The van der Waals surface area contributed by atoms with Gasteiger partial charge in [-0.3, -0.25) is 14.2 Å². The Morgan fingerprint density at radius 1 is 1.10 bits per heavy atom. The number of benzene rings is 2. The van der Waals surface area contributed by atoms with E-state index >= 15 is 0 Å². The van der Waals surface area contributed by atoms with Crippen molar-refractivity contribution in [1.82, 2.24) is 14.5 Å². The van der Waals surface area contributed by atoms with Crippen LogP contribution >= 0.6 is 23.1 Å². The number of amides is 1. The molecule has 2 aromatic carbocycles. The Kier molecular flexibility index (Phi) is 5.64. The molecule has 1 amide bonds. The molecule has 0 atom stereocenters. The van der Waals surface area contributed by atoms with Gasteiger partial charge in [0.15, 0.2) is 10.3 Å². The van der Waals surface area contributed by atoms with Crippen molar-refractivity contribution in [2.45, 2.75) is 25.5 Å². The summed E-state index contributed by atoms with van der Waals surface area (Å²) in [6, 6.07) is 15.1. The van der Waals surface area contributed by atoms with E-state index in [0.29, 0.717) is 27.7 Å². The zero-order valence-corrected chi connectivity index (χ0v) is 17.7. The van der Waals surface area contributed by atoms with Gasteiger partial charge in [-0.25, -0.2) is 9.97 Å². The van der Waals surface area contributed by atoms with Gasteiger partial charge in [0.2, 0.25) is 5.91 Å². The third-order valence-electron chi connectivity index (χ3n) is 4.25. The van der Waals surface area contributed by atoms with E-state index in [1.165, 1.54) is 23.1 Å². The molecule has 6 nitrogen and oxygen atoms in total. The first-order valence-electron chi connectivity index (χ1n) is 9.29. The highest BCUT2D eigenvalue weighted by Gasteiger charge is 2.15. The van der Waals surface area contributed by atoms with Gasteiger partial charge in [0.1, 0.15) is 0 Å². The Hall–Kier alpha value is -2.71. The topological polar surface area (TPSA) is 76.9 Å². The molecule has 0 unspecified atom stereocenters. The molecule has 0 aliphatic heterocycles. The molecule has 0 fully saturated rings. The first-order valence-corrected chi connectivity index (χ1v) is 11.1. The second-order valence-electron chi connectivity index (χ2n) is 7.04. The number of hydrogen-bond donors (Lipinski definition) is 1. The van der Waals surface area contributed by atoms with Crippen molar-refractivity contribution in [3.05, 3.63) is 58.9 Å². The molecule has 0 saturated heterocycles. The predicted octanol–water partition coefficient (Wildman–Crippen LogP) is 4.39. The predicted molar refractivity (Wildman–Crippen MR) is 120 cm³/mol. The molecule has 4 rings (SSSR count). The summed E-state index contributed by atoms with van der Waals surface area (Å²) >= 11 is 2.71. The second kappa shape index (κ2) is 8.34. The van der Waals surface area contributed by atoms with Gasteiger partial charge in [0, 0.05) is 6.54 Å². The fourth-order valence-electron chi connectivity index (χ4n) is 3.00. The minimum absolute atomic E-state index is 0.0709. The average molecular weight is 425 g/mol. The molecule has 0 aliphatic carbocycles. The van der Waals surface area contributed by atoms with Gasteiger partial charge in [-0.05, 0) is 30.2 Å². The lowest BCUT2D eigenvalue weighted by atomic mass is 10.2. The smallest absolute Gasteiger partial charge is 0.262 e. The first kappa shape index (κ1) is 19.6. The largest absolute Gasteiger partial charge is 0.301 e. The van der Waals surface area contributed by atoms with Crippen LogP contribution in [-0.2, 0) is 11.3 Å². The van der Waals surface area contributed by atoms with Gasteiger partial charge >= 0.3 is 0 Å². The average Bonchev–Trinajstić information content (AvgIpc) is 3.11. The van der Waals surface area contributed by atoms with Crippen LogP contribution in [0.25, 0.3) is 21.1 Å². The molecule has 0 saturated carbocycles. The standard InChI is InChI=1S/C21H20N4O2S2/c1-13(2)11-25-19(27)14-7-3-4-8-15(14)23-21(25)28-12-18(26)24-20-22-16-9-5-6-10-17(16)29-20/h3-10,13H,11-12H2,1-2H3,(H,22,24,26). The Labute approximate surface area is 176 Å². The number of nitrogens with one attached hydrogen (secondary N) is 1. The molecule has 1 N–H and O–H groups in total. The summed E-state index contributed by atoms with van der Waals surface area (Å²) < 4.78 is 2.69. The molecule has 2 aromatic heterocycles. The highest BCUT2D eigenvalue weighted by molar-refractivity contribution is 7.99. The summed E-state index contributed by atoms with van der Waals surface area (Å²) in [5.41, 5.74) is 1.44. The van der Waals surface area contributed by atoms with Gasteiger partial charge in [-0.15, -0.1) is 0 Å². The fraction of sp³-hybridized carbons (Fsp3) is 0.238. The van der Waals surface area contributed by atoms with Crippen molar-refractivity contribution >= 4 is 55.3 Å². The Morgan fingerprint density at radius 3 is 2.59 bits per heavy atom. The maximum absolute atomic E-state index is 12.9. The van der Waals surface area contributed by atoms with E-state index in [0.717, 1.165) is 10.2 Å². The van der Waals surface area contributed by atoms with E-state index in [1.807, 2.05) is 42.5 Å². The Balaban J connectivity index is 1.55.